The molecule has 5 nitrogen and oxygen atoms in total. The topological polar surface area (TPSA) is 79.3 Å². The SMILES string of the molecule is O=C(Nc1ncccc1C(=O)O)c1cc(F)ccc1F. The second kappa shape index (κ2) is 5.43. The molecule has 102 valence electrons. The van der Waals surface area contributed by atoms with Gasteiger partial charge in [0.25, 0.3) is 5.91 Å². The number of hydrogen-bond donors (Lipinski definition) is 2. The number of pyridine rings is 1. The molecule has 1 aromatic carbocycles. The zero-order chi connectivity index (χ0) is 14.7. The Morgan fingerprint density at radius 3 is 2.60 bits per heavy atom. The van der Waals surface area contributed by atoms with E-state index >= 15 is 0 Å². The molecule has 1 amide bonds. The minimum atomic E-state index is -1.30. The van der Waals surface area contributed by atoms with E-state index in [1.54, 1.807) is 0 Å². The predicted molar refractivity (Wildman–Crippen MR) is 65.5 cm³/mol. The lowest BCUT2D eigenvalue weighted by Crippen LogP contribution is -2.17. The van der Waals surface area contributed by atoms with Gasteiger partial charge in [-0.05, 0) is 30.3 Å². The molecule has 2 aromatic rings. The van der Waals surface area contributed by atoms with Crippen LogP contribution in [0.4, 0.5) is 14.6 Å². The molecule has 7 heteroatoms. The van der Waals surface area contributed by atoms with Crippen LogP contribution in [-0.4, -0.2) is 22.0 Å². The summed E-state index contributed by atoms with van der Waals surface area (Å²) in [6, 6.07) is 5.00. The van der Waals surface area contributed by atoms with Crippen LogP contribution in [0.1, 0.15) is 20.7 Å². The Bertz CT molecular complexity index is 689. The summed E-state index contributed by atoms with van der Waals surface area (Å²) in [5.41, 5.74) is -0.787. The van der Waals surface area contributed by atoms with Gasteiger partial charge in [-0.2, -0.15) is 0 Å². The van der Waals surface area contributed by atoms with Gasteiger partial charge in [-0.15, -0.1) is 0 Å². The highest BCUT2D eigenvalue weighted by molar-refractivity contribution is 6.07. The molecule has 20 heavy (non-hydrogen) atoms. The van der Waals surface area contributed by atoms with Gasteiger partial charge in [-0.3, -0.25) is 4.79 Å². The van der Waals surface area contributed by atoms with Crippen LogP contribution in [0.5, 0.6) is 0 Å². The van der Waals surface area contributed by atoms with Gasteiger partial charge < -0.3 is 10.4 Å². The molecular formula is C13H8F2N2O3. The number of rotatable bonds is 3. The number of carboxylic acid groups (broad SMARTS) is 1. The first-order chi connectivity index (χ1) is 9.49. The summed E-state index contributed by atoms with van der Waals surface area (Å²) in [5, 5.41) is 11.1. The fourth-order valence-corrected chi connectivity index (χ4v) is 1.52. The van der Waals surface area contributed by atoms with Crippen LogP contribution in [0.3, 0.4) is 0 Å². The summed E-state index contributed by atoms with van der Waals surface area (Å²) in [7, 11) is 0. The molecular weight excluding hydrogens is 270 g/mol. The lowest BCUT2D eigenvalue weighted by Gasteiger charge is -2.07. The third kappa shape index (κ3) is 2.77. The molecule has 0 spiro atoms. The monoisotopic (exact) mass is 278 g/mol. The molecule has 2 rings (SSSR count). The quantitative estimate of drug-likeness (QED) is 0.903. The van der Waals surface area contributed by atoms with Gasteiger partial charge in [-0.1, -0.05) is 0 Å². The van der Waals surface area contributed by atoms with Gasteiger partial charge in [0.2, 0.25) is 0 Å². The fraction of sp³-hybridized carbons (Fsp3) is 0. The van der Waals surface area contributed by atoms with Crippen LogP contribution in [0, 0.1) is 11.6 Å². The number of carbonyl (C=O) groups is 2. The largest absolute Gasteiger partial charge is 0.478 e. The third-order valence-corrected chi connectivity index (χ3v) is 2.44. The molecule has 0 atom stereocenters. The van der Waals surface area contributed by atoms with Crippen molar-refractivity contribution >= 4 is 17.7 Å². The number of carbonyl (C=O) groups excluding carboxylic acids is 1. The smallest absolute Gasteiger partial charge is 0.339 e. The number of carboxylic acids is 1. The van der Waals surface area contributed by atoms with E-state index in [-0.39, 0.29) is 11.4 Å². The highest BCUT2D eigenvalue weighted by Gasteiger charge is 2.17. The van der Waals surface area contributed by atoms with Crippen LogP contribution in [-0.2, 0) is 0 Å². The van der Waals surface area contributed by atoms with Crippen molar-refractivity contribution in [2.45, 2.75) is 0 Å². The van der Waals surface area contributed by atoms with Gasteiger partial charge in [0.1, 0.15) is 23.0 Å². The second-order valence-corrected chi connectivity index (χ2v) is 3.78. The van der Waals surface area contributed by atoms with Crippen molar-refractivity contribution in [1.82, 2.24) is 4.98 Å². The maximum absolute atomic E-state index is 13.4. The average Bonchev–Trinajstić information content (AvgIpc) is 2.41. The lowest BCUT2D eigenvalue weighted by molar-refractivity contribution is 0.0697. The highest BCUT2D eigenvalue weighted by Crippen LogP contribution is 2.15. The molecule has 0 unspecified atom stereocenters. The summed E-state index contributed by atoms with van der Waals surface area (Å²) in [5.74, 6) is -4.22. The van der Waals surface area contributed by atoms with E-state index in [1.165, 1.54) is 18.3 Å². The van der Waals surface area contributed by atoms with E-state index in [0.717, 1.165) is 12.1 Å². The minimum Gasteiger partial charge on any atom is -0.478 e. The molecule has 0 bridgehead atoms. The van der Waals surface area contributed by atoms with Crippen molar-refractivity contribution in [3.8, 4) is 0 Å². The van der Waals surface area contributed by atoms with Crippen LogP contribution >= 0.6 is 0 Å². The first-order valence-corrected chi connectivity index (χ1v) is 5.44. The van der Waals surface area contributed by atoms with E-state index < -0.39 is 29.1 Å². The Labute approximate surface area is 111 Å². The van der Waals surface area contributed by atoms with E-state index in [9.17, 15) is 18.4 Å². The molecule has 0 radical (unpaired) electrons. The lowest BCUT2D eigenvalue weighted by atomic mass is 10.2. The van der Waals surface area contributed by atoms with Crippen molar-refractivity contribution in [2.24, 2.45) is 0 Å². The van der Waals surface area contributed by atoms with Gasteiger partial charge in [0, 0.05) is 6.20 Å². The van der Waals surface area contributed by atoms with E-state index in [0.29, 0.717) is 6.07 Å². The maximum Gasteiger partial charge on any atom is 0.339 e. The summed E-state index contributed by atoms with van der Waals surface area (Å²) in [6.07, 6.45) is 1.27. The summed E-state index contributed by atoms with van der Waals surface area (Å²) >= 11 is 0. The van der Waals surface area contributed by atoms with Crippen LogP contribution in [0.2, 0.25) is 0 Å². The van der Waals surface area contributed by atoms with E-state index in [4.69, 9.17) is 5.11 Å². The summed E-state index contributed by atoms with van der Waals surface area (Å²) in [4.78, 5) is 26.4. The number of amides is 1. The number of aromatic nitrogens is 1. The zero-order valence-electron chi connectivity index (χ0n) is 9.93. The second-order valence-electron chi connectivity index (χ2n) is 3.78. The maximum atomic E-state index is 13.4. The van der Waals surface area contributed by atoms with Crippen molar-refractivity contribution in [3.05, 3.63) is 59.3 Å². The molecule has 0 aliphatic heterocycles. The number of hydrogen-bond acceptors (Lipinski definition) is 3. The van der Waals surface area contributed by atoms with E-state index in [2.05, 4.69) is 10.3 Å². The average molecular weight is 278 g/mol. The summed E-state index contributed by atoms with van der Waals surface area (Å²) < 4.78 is 26.4. The Hall–Kier alpha value is -2.83. The van der Waals surface area contributed by atoms with E-state index in [1.807, 2.05) is 0 Å². The number of nitrogens with zero attached hydrogens (tertiary/aromatic N) is 1. The van der Waals surface area contributed by atoms with Crippen molar-refractivity contribution in [3.63, 3.8) is 0 Å². The number of nitrogens with one attached hydrogen (secondary N) is 1. The molecule has 1 heterocycles. The molecule has 0 saturated carbocycles. The first-order valence-electron chi connectivity index (χ1n) is 5.44. The standard InChI is InChI=1S/C13H8F2N2O3/c14-7-3-4-10(15)9(6-7)12(18)17-11-8(13(19)20)2-1-5-16-11/h1-6H,(H,19,20)(H,16,17,18). The third-order valence-electron chi connectivity index (χ3n) is 2.44. The molecule has 2 N–H and O–H groups in total. The Morgan fingerprint density at radius 2 is 1.90 bits per heavy atom. The highest BCUT2D eigenvalue weighted by atomic mass is 19.1. The number of halogens is 2. The normalized spacial score (nSPS) is 10.1. The van der Waals surface area contributed by atoms with Crippen LogP contribution < -0.4 is 5.32 Å². The van der Waals surface area contributed by atoms with Crippen LogP contribution in [0.25, 0.3) is 0 Å². The Kier molecular flexibility index (Phi) is 3.69. The zero-order valence-corrected chi connectivity index (χ0v) is 9.93. The molecule has 0 aliphatic rings. The molecule has 0 aliphatic carbocycles. The van der Waals surface area contributed by atoms with Gasteiger partial charge in [-0.25, -0.2) is 18.6 Å². The Balaban J connectivity index is 2.33. The number of anilines is 1. The van der Waals surface area contributed by atoms with Crippen LogP contribution in [0.15, 0.2) is 36.5 Å². The first kappa shape index (κ1) is 13.6. The van der Waals surface area contributed by atoms with Crippen molar-refractivity contribution in [2.75, 3.05) is 5.32 Å². The minimum absolute atomic E-state index is 0.242. The Morgan fingerprint density at radius 1 is 1.15 bits per heavy atom. The predicted octanol–water partition coefficient (Wildman–Crippen LogP) is 2.31. The van der Waals surface area contributed by atoms with Gasteiger partial charge in [0.15, 0.2) is 0 Å². The number of aromatic carboxylic acids is 1. The van der Waals surface area contributed by atoms with Gasteiger partial charge >= 0.3 is 5.97 Å². The van der Waals surface area contributed by atoms with Crippen molar-refractivity contribution in [1.29, 1.82) is 0 Å². The summed E-state index contributed by atoms with van der Waals surface area (Å²) in [6.45, 7) is 0. The number of benzene rings is 1. The molecule has 0 fully saturated rings. The molecule has 0 saturated heterocycles. The fourth-order valence-electron chi connectivity index (χ4n) is 1.52. The van der Waals surface area contributed by atoms with Crippen molar-refractivity contribution < 1.29 is 23.5 Å². The molecule has 1 aromatic heterocycles. The van der Waals surface area contributed by atoms with Gasteiger partial charge in [0.05, 0.1) is 5.56 Å².